The molecule has 0 aliphatic heterocycles. The summed E-state index contributed by atoms with van der Waals surface area (Å²) < 4.78 is 5.33. The summed E-state index contributed by atoms with van der Waals surface area (Å²) in [4.78, 5) is 43.2. The van der Waals surface area contributed by atoms with Gasteiger partial charge in [-0.15, -0.1) is 0 Å². The van der Waals surface area contributed by atoms with Crippen molar-refractivity contribution >= 4 is 29.2 Å². The number of aromatic hydroxyl groups is 1. The van der Waals surface area contributed by atoms with E-state index in [0.717, 1.165) is 0 Å². The van der Waals surface area contributed by atoms with Crippen molar-refractivity contribution in [3.05, 3.63) is 120 Å². The van der Waals surface area contributed by atoms with Crippen LogP contribution in [0.2, 0.25) is 0 Å². The van der Waals surface area contributed by atoms with E-state index in [2.05, 4.69) is 10.6 Å². The predicted octanol–water partition coefficient (Wildman–Crippen LogP) is 5.20. The van der Waals surface area contributed by atoms with Crippen LogP contribution in [-0.4, -0.2) is 36.1 Å². The Morgan fingerprint density at radius 3 is 1.98 bits per heavy atom. The molecule has 0 radical (unpaired) electrons. The molecule has 9 heteroatoms. The molecule has 4 aromatic rings. The van der Waals surface area contributed by atoms with Crippen LogP contribution in [-0.2, 0) is 21.5 Å². The summed E-state index contributed by atoms with van der Waals surface area (Å²) in [6, 6.07) is 29.1. The van der Waals surface area contributed by atoms with Gasteiger partial charge in [0.05, 0.1) is 7.11 Å². The summed E-state index contributed by atoms with van der Waals surface area (Å²) in [5, 5.41) is 15.4. The first kappa shape index (κ1) is 30.6. The number of amides is 4. The molecule has 9 nitrogen and oxygen atoms in total. The van der Waals surface area contributed by atoms with Gasteiger partial charge >= 0.3 is 6.03 Å². The number of ether oxygens (including phenoxy) is 1. The summed E-state index contributed by atoms with van der Waals surface area (Å²) in [6.45, 7) is 3.64. The Morgan fingerprint density at radius 1 is 0.860 bits per heavy atom. The number of rotatable bonds is 11. The topological polar surface area (TPSA) is 134 Å². The lowest BCUT2D eigenvalue weighted by atomic mass is 9.76. The molecule has 0 spiro atoms. The molecular weight excluding hydrogens is 544 g/mol. The molecule has 222 valence electrons. The Balaban J connectivity index is 1.86. The first-order chi connectivity index (χ1) is 20.7. The number of nitrogens with one attached hydrogen (secondary N) is 2. The van der Waals surface area contributed by atoms with Crippen LogP contribution in [0, 0.1) is 5.92 Å². The molecule has 5 N–H and O–H groups in total. The molecule has 4 aromatic carbocycles. The molecule has 0 aliphatic carbocycles. The van der Waals surface area contributed by atoms with Crippen molar-refractivity contribution in [2.45, 2.75) is 31.8 Å². The second-order valence-corrected chi connectivity index (χ2v) is 10.4. The molecule has 0 saturated heterocycles. The van der Waals surface area contributed by atoms with Crippen LogP contribution in [0.1, 0.15) is 25.0 Å². The SMILES string of the molecule is COc1ccc(C(C(N)=O)(C(C)C)N(C(=O)C(Cc2ccc(O)cc2)NC(=O)Nc2ccccc2)c2ccccc2)cc1. The summed E-state index contributed by atoms with van der Waals surface area (Å²) in [6.07, 6.45) is 0.0696. The number of phenolic OH excluding ortho intramolecular Hbond substituents is 1. The third-order valence-corrected chi connectivity index (χ3v) is 7.34. The van der Waals surface area contributed by atoms with E-state index in [1.807, 2.05) is 19.9 Å². The highest BCUT2D eigenvalue weighted by molar-refractivity contribution is 6.07. The third kappa shape index (κ3) is 6.78. The zero-order valence-electron chi connectivity index (χ0n) is 24.4. The highest BCUT2D eigenvalue weighted by atomic mass is 16.5. The van der Waals surface area contributed by atoms with Gasteiger partial charge in [-0.2, -0.15) is 0 Å². The molecule has 4 rings (SSSR count). The predicted molar refractivity (Wildman–Crippen MR) is 167 cm³/mol. The van der Waals surface area contributed by atoms with Crippen molar-refractivity contribution in [3.8, 4) is 11.5 Å². The largest absolute Gasteiger partial charge is 0.508 e. The van der Waals surface area contributed by atoms with Gasteiger partial charge in [0, 0.05) is 17.8 Å². The monoisotopic (exact) mass is 580 g/mol. The quantitative estimate of drug-likeness (QED) is 0.193. The Hall–Kier alpha value is -5.31. The van der Waals surface area contributed by atoms with E-state index in [0.29, 0.717) is 28.3 Å². The zero-order chi connectivity index (χ0) is 31.0. The van der Waals surface area contributed by atoms with Crippen LogP contribution in [0.5, 0.6) is 11.5 Å². The molecule has 43 heavy (non-hydrogen) atoms. The molecule has 2 atom stereocenters. The standard InChI is InChI=1S/C34H36N4O5/c1-23(2)34(32(35)41,25-16-20-29(43-3)21-17-25)38(27-12-8-5-9-13-27)31(40)30(22-24-14-18-28(39)19-15-24)37-33(42)36-26-10-6-4-7-11-26/h4-21,23,30,39H,22H2,1-3H3,(H2,35,41)(H2,36,37,42). The Morgan fingerprint density at radius 2 is 1.44 bits per heavy atom. The van der Waals surface area contributed by atoms with Crippen LogP contribution >= 0.6 is 0 Å². The molecule has 0 aliphatic rings. The lowest BCUT2D eigenvalue weighted by molar-refractivity contribution is -0.131. The van der Waals surface area contributed by atoms with E-state index in [1.165, 1.54) is 17.0 Å². The van der Waals surface area contributed by atoms with Crippen LogP contribution in [0.3, 0.4) is 0 Å². The van der Waals surface area contributed by atoms with E-state index < -0.39 is 35.3 Å². The second kappa shape index (κ2) is 13.6. The number of phenols is 1. The third-order valence-electron chi connectivity index (χ3n) is 7.34. The number of hydrogen-bond donors (Lipinski definition) is 4. The first-order valence-corrected chi connectivity index (χ1v) is 13.9. The van der Waals surface area contributed by atoms with Gasteiger partial charge in [0.15, 0.2) is 5.54 Å². The van der Waals surface area contributed by atoms with Crippen LogP contribution in [0.4, 0.5) is 16.2 Å². The number of urea groups is 1. The number of hydrogen-bond acceptors (Lipinski definition) is 5. The normalized spacial score (nSPS) is 12.9. The van der Waals surface area contributed by atoms with Gasteiger partial charge in [-0.05, 0) is 65.6 Å². The van der Waals surface area contributed by atoms with Gasteiger partial charge in [0.25, 0.3) is 5.91 Å². The fraction of sp³-hybridized carbons (Fsp3) is 0.206. The molecule has 0 saturated carbocycles. The van der Waals surface area contributed by atoms with Gasteiger partial charge < -0.3 is 26.2 Å². The van der Waals surface area contributed by atoms with Crippen LogP contribution in [0.25, 0.3) is 0 Å². The maximum Gasteiger partial charge on any atom is 0.319 e. The van der Waals surface area contributed by atoms with Crippen LogP contribution < -0.4 is 26.0 Å². The van der Waals surface area contributed by atoms with Crippen molar-refractivity contribution in [1.29, 1.82) is 0 Å². The van der Waals surface area contributed by atoms with E-state index in [4.69, 9.17) is 10.5 Å². The maximum absolute atomic E-state index is 14.9. The number of nitrogens with two attached hydrogens (primary N) is 1. The van der Waals surface area contributed by atoms with Crippen molar-refractivity contribution in [2.24, 2.45) is 11.7 Å². The van der Waals surface area contributed by atoms with Gasteiger partial charge in [-0.1, -0.05) is 74.5 Å². The van der Waals surface area contributed by atoms with Crippen molar-refractivity contribution < 1.29 is 24.2 Å². The van der Waals surface area contributed by atoms with Gasteiger partial charge in [0.1, 0.15) is 17.5 Å². The fourth-order valence-electron chi connectivity index (χ4n) is 5.26. The smallest absolute Gasteiger partial charge is 0.319 e. The number of carbonyl (C=O) groups is 3. The van der Waals surface area contributed by atoms with E-state index in [-0.39, 0.29) is 12.2 Å². The summed E-state index contributed by atoms with van der Waals surface area (Å²) in [5.74, 6) is -1.13. The molecule has 4 amide bonds. The van der Waals surface area contributed by atoms with Gasteiger partial charge in [-0.3, -0.25) is 14.5 Å². The van der Waals surface area contributed by atoms with Crippen molar-refractivity contribution in [1.82, 2.24) is 5.32 Å². The Bertz CT molecular complexity index is 1530. The number of carbonyl (C=O) groups excluding carboxylic acids is 3. The minimum absolute atomic E-state index is 0.0689. The number of nitrogens with zero attached hydrogens (tertiary/aromatic N) is 1. The number of para-hydroxylation sites is 2. The minimum atomic E-state index is -1.64. The molecule has 0 fully saturated rings. The summed E-state index contributed by atoms with van der Waals surface area (Å²) >= 11 is 0. The maximum atomic E-state index is 14.9. The molecule has 0 heterocycles. The first-order valence-electron chi connectivity index (χ1n) is 13.9. The van der Waals surface area contributed by atoms with E-state index in [1.54, 1.807) is 98.1 Å². The molecular formula is C34H36N4O5. The van der Waals surface area contributed by atoms with Gasteiger partial charge in [-0.25, -0.2) is 4.79 Å². The number of methoxy groups -OCH3 is 1. The highest BCUT2D eigenvalue weighted by Crippen LogP contribution is 2.41. The average molecular weight is 581 g/mol. The zero-order valence-corrected chi connectivity index (χ0v) is 24.4. The lowest BCUT2D eigenvalue weighted by Crippen LogP contribution is -2.64. The summed E-state index contributed by atoms with van der Waals surface area (Å²) in [5.41, 5.74) is 6.73. The number of benzene rings is 4. The Kier molecular flexibility index (Phi) is 9.67. The fourth-order valence-corrected chi connectivity index (χ4v) is 5.26. The second-order valence-electron chi connectivity index (χ2n) is 10.4. The highest BCUT2D eigenvalue weighted by Gasteiger charge is 2.51. The van der Waals surface area contributed by atoms with Crippen molar-refractivity contribution in [2.75, 3.05) is 17.3 Å². The lowest BCUT2D eigenvalue weighted by Gasteiger charge is -2.46. The van der Waals surface area contributed by atoms with Gasteiger partial charge in [0.2, 0.25) is 5.91 Å². The molecule has 0 aromatic heterocycles. The minimum Gasteiger partial charge on any atom is -0.508 e. The van der Waals surface area contributed by atoms with Crippen molar-refractivity contribution in [3.63, 3.8) is 0 Å². The molecule has 2 unspecified atom stereocenters. The number of anilines is 2. The Labute approximate surface area is 251 Å². The van der Waals surface area contributed by atoms with Crippen LogP contribution in [0.15, 0.2) is 109 Å². The van der Waals surface area contributed by atoms with E-state index in [9.17, 15) is 19.5 Å². The van der Waals surface area contributed by atoms with E-state index >= 15 is 0 Å². The summed E-state index contributed by atoms with van der Waals surface area (Å²) in [7, 11) is 1.54. The number of primary amides is 1. The average Bonchev–Trinajstić information content (AvgIpc) is 3.01. The molecule has 0 bridgehead atoms.